The number of ether oxygens (including phenoxy) is 1. The van der Waals surface area contributed by atoms with Gasteiger partial charge in [0.2, 0.25) is 0 Å². The number of likely N-dealkylation sites (tertiary alicyclic amines) is 1. The van der Waals surface area contributed by atoms with Crippen molar-refractivity contribution in [2.75, 3.05) is 0 Å². The monoisotopic (exact) mass is 337 g/mol. The molecule has 3 atom stereocenters. The van der Waals surface area contributed by atoms with Crippen molar-refractivity contribution in [2.45, 2.75) is 52.5 Å². The lowest BCUT2D eigenvalue weighted by molar-refractivity contribution is -0.192. The van der Waals surface area contributed by atoms with E-state index in [1.54, 1.807) is 0 Å². The number of hydrogen-bond acceptors (Lipinski definition) is 2. The van der Waals surface area contributed by atoms with Crippen LogP contribution in [0.3, 0.4) is 0 Å². The van der Waals surface area contributed by atoms with E-state index in [9.17, 15) is 4.79 Å². The highest BCUT2D eigenvalue weighted by Gasteiger charge is 2.55. The topological polar surface area (TPSA) is 29.5 Å². The molecular formula is C22H27NO2. The van der Waals surface area contributed by atoms with E-state index >= 15 is 0 Å². The molecule has 0 N–H and O–H groups in total. The van der Waals surface area contributed by atoms with Crippen LogP contribution < -0.4 is 0 Å². The van der Waals surface area contributed by atoms with Gasteiger partial charge < -0.3 is 9.64 Å². The first-order valence-corrected chi connectivity index (χ1v) is 8.92. The smallest absolute Gasteiger partial charge is 0.254 e. The van der Waals surface area contributed by atoms with E-state index in [4.69, 9.17) is 4.74 Å². The van der Waals surface area contributed by atoms with Gasteiger partial charge in [0.1, 0.15) is 0 Å². The van der Waals surface area contributed by atoms with Crippen molar-refractivity contribution >= 4 is 5.91 Å². The highest BCUT2D eigenvalue weighted by atomic mass is 16.5. The predicted octanol–water partition coefficient (Wildman–Crippen LogP) is 4.59. The van der Waals surface area contributed by atoms with E-state index in [2.05, 4.69) is 39.8 Å². The molecule has 132 valence electrons. The number of carbonyl (C=O) groups excluding carboxylic acids is 1. The minimum absolute atomic E-state index is 0.0433. The Morgan fingerprint density at radius 2 is 1.56 bits per heavy atom. The summed E-state index contributed by atoms with van der Waals surface area (Å²) in [5, 5.41) is 0. The van der Waals surface area contributed by atoms with E-state index in [0.717, 1.165) is 11.1 Å². The van der Waals surface area contributed by atoms with Crippen LogP contribution in [0.1, 0.15) is 44.9 Å². The average Bonchev–Trinajstić information content (AvgIpc) is 2.60. The lowest BCUT2D eigenvalue weighted by atomic mass is 9.75. The maximum absolute atomic E-state index is 12.9. The van der Waals surface area contributed by atoms with Gasteiger partial charge in [0, 0.05) is 0 Å². The molecule has 0 aromatic heterocycles. The molecule has 3 heteroatoms. The largest absolute Gasteiger partial charge is 0.361 e. The van der Waals surface area contributed by atoms with Gasteiger partial charge in [0.05, 0.1) is 18.7 Å². The second kappa shape index (κ2) is 7.01. The Bertz CT molecular complexity index is 706. The molecule has 3 nitrogen and oxygen atoms in total. The lowest BCUT2D eigenvalue weighted by Crippen LogP contribution is -2.70. The van der Waals surface area contributed by atoms with Crippen LogP contribution >= 0.6 is 0 Å². The standard InChI is InChI=1S/C22H27NO2/c1-16(18-13-9-6-10-14-18)23-20(22(2,3)4)19(21(23)24)25-15-17-11-7-5-8-12-17/h5-14,16,19-20H,15H2,1-4H3/t16-,19+,20+/m0/s1. The normalized spacial score (nSPS) is 21.8. The van der Waals surface area contributed by atoms with Gasteiger partial charge in [-0.25, -0.2) is 0 Å². The number of rotatable bonds is 5. The minimum atomic E-state index is -0.369. The molecule has 0 aliphatic carbocycles. The van der Waals surface area contributed by atoms with Gasteiger partial charge in [-0.1, -0.05) is 81.4 Å². The summed E-state index contributed by atoms with van der Waals surface area (Å²) in [6.07, 6.45) is -0.369. The molecule has 1 heterocycles. The van der Waals surface area contributed by atoms with Crippen LogP contribution in [0, 0.1) is 5.41 Å². The SMILES string of the molecule is C[C@@H](c1ccccc1)N1C(=O)[C@H](OCc2ccccc2)[C@@H]1C(C)(C)C. The van der Waals surface area contributed by atoms with E-state index in [0.29, 0.717) is 6.61 Å². The molecule has 1 aliphatic heterocycles. The Balaban J connectivity index is 1.76. The van der Waals surface area contributed by atoms with Crippen LogP contribution in [-0.2, 0) is 16.1 Å². The Labute approximate surface area is 150 Å². The lowest BCUT2D eigenvalue weighted by Gasteiger charge is -2.55. The summed E-state index contributed by atoms with van der Waals surface area (Å²) in [5.74, 6) is 0.0900. The fraction of sp³-hybridized carbons (Fsp3) is 0.409. The van der Waals surface area contributed by atoms with Crippen LogP contribution in [0.5, 0.6) is 0 Å². The molecule has 1 amide bonds. The third kappa shape index (κ3) is 3.62. The molecule has 2 aromatic rings. The van der Waals surface area contributed by atoms with Crippen LogP contribution in [0.4, 0.5) is 0 Å². The molecule has 0 saturated carbocycles. The quantitative estimate of drug-likeness (QED) is 0.747. The maximum atomic E-state index is 12.9. The number of amides is 1. The summed E-state index contributed by atoms with van der Waals surface area (Å²) < 4.78 is 6.04. The van der Waals surface area contributed by atoms with Gasteiger partial charge in [-0.15, -0.1) is 0 Å². The minimum Gasteiger partial charge on any atom is -0.361 e. The van der Waals surface area contributed by atoms with Crippen molar-refractivity contribution in [1.29, 1.82) is 0 Å². The highest BCUT2D eigenvalue weighted by Crippen LogP contribution is 2.42. The second-order valence-electron chi connectivity index (χ2n) is 7.86. The molecule has 1 fully saturated rings. The Morgan fingerprint density at radius 1 is 1.00 bits per heavy atom. The highest BCUT2D eigenvalue weighted by molar-refractivity contribution is 5.89. The van der Waals surface area contributed by atoms with Crippen molar-refractivity contribution in [3.8, 4) is 0 Å². The fourth-order valence-electron chi connectivity index (χ4n) is 3.60. The first-order valence-electron chi connectivity index (χ1n) is 8.92. The van der Waals surface area contributed by atoms with E-state index in [1.165, 1.54) is 0 Å². The Hall–Kier alpha value is -2.13. The Morgan fingerprint density at radius 3 is 2.12 bits per heavy atom. The van der Waals surface area contributed by atoms with Crippen molar-refractivity contribution in [1.82, 2.24) is 4.90 Å². The molecule has 0 bridgehead atoms. The average molecular weight is 337 g/mol. The van der Waals surface area contributed by atoms with Crippen LogP contribution in [0.15, 0.2) is 60.7 Å². The van der Waals surface area contributed by atoms with Gasteiger partial charge in [-0.3, -0.25) is 4.79 Å². The van der Waals surface area contributed by atoms with Crippen LogP contribution in [0.25, 0.3) is 0 Å². The summed E-state index contributed by atoms with van der Waals surface area (Å²) in [6.45, 7) is 9.09. The van der Waals surface area contributed by atoms with Gasteiger partial charge in [-0.05, 0) is 23.5 Å². The third-order valence-electron chi connectivity index (χ3n) is 4.94. The van der Waals surface area contributed by atoms with Gasteiger partial charge in [0.15, 0.2) is 6.10 Å². The molecule has 3 rings (SSSR count). The summed E-state index contributed by atoms with van der Waals surface area (Å²) in [5.41, 5.74) is 2.21. The number of carbonyl (C=O) groups is 1. The number of nitrogens with zero attached hydrogens (tertiary/aromatic N) is 1. The number of hydrogen-bond donors (Lipinski definition) is 0. The van der Waals surface area contributed by atoms with Gasteiger partial charge >= 0.3 is 0 Å². The molecule has 0 radical (unpaired) electrons. The van der Waals surface area contributed by atoms with E-state index < -0.39 is 0 Å². The van der Waals surface area contributed by atoms with Crippen molar-refractivity contribution in [3.63, 3.8) is 0 Å². The van der Waals surface area contributed by atoms with E-state index in [-0.39, 0.29) is 29.5 Å². The molecular weight excluding hydrogens is 310 g/mol. The molecule has 2 aromatic carbocycles. The zero-order valence-corrected chi connectivity index (χ0v) is 15.5. The van der Waals surface area contributed by atoms with Gasteiger partial charge in [-0.2, -0.15) is 0 Å². The van der Waals surface area contributed by atoms with Crippen LogP contribution in [0.2, 0.25) is 0 Å². The van der Waals surface area contributed by atoms with E-state index in [1.807, 2.05) is 53.4 Å². The summed E-state index contributed by atoms with van der Waals surface area (Å²) in [6, 6.07) is 20.3. The molecule has 0 unspecified atom stereocenters. The molecule has 1 saturated heterocycles. The molecule has 25 heavy (non-hydrogen) atoms. The third-order valence-corrected chi connectivity index (χ3v) is 4.94. The Kier molecular flexibility index (Phi) is 4.96. The summed E-state index contributed by atoms with van der Waals surface area (Å²) in [7, 11) is 0. The zero-order chi connectivity index (χ0) is 18.0. The summed E-state index contributed by atoms with van der Waals surface area (Å²) >= 11 is 0. The number of benzene rings is 2. The van der Waals surface area contributed by atoms with Gasteiger partial charge in [0.25, 0.3) is 5.91 Å². The predicted molar refractivity (Wildman–Crippen MR) is 100.0 cm³/mol. The first-order chi connectivity index (χ1) is 11.9. The van der Waals surface area contributed by atoms with Crippen molar-refractivity contribution < 1.29 is 9.53 Å². The van der Waals surface area contributed by atoms with Crippen molar-refractivity contribution in [2.24, 2.45) is 5.41 Å². The first kappa shape index (κ1) is 17.7. The fourth-order valence-corrected chi connectivity index (χ4v) is 3.60. The van der Waals surface area contributed by atoms with Crippen LogP contribution in [-0.4, -0.2) is 23.0 Å². The maximum Gasteiger partial charge on any atom is 0.254 e. The van der Waals surface area contributed by atoms with Crippen molar-refractivity contribution in [3.05, 3.63) is 71.8 Å². The zero-order valence-electron chi connectivity index (χ0n) is 15.5. The number of β-lactam (4-membered cyclic amide) rings is 1. The summed E-state index contributed by atoms with van der Waals surface area (Å²) in [4.78, 5) is 14.8. The molecule has 1 aliphatic rings. The second-order valence-corrected chi connectivity index (χ2v) is 7.86. The molecule has 0 spiro atoms.